The first-order valence-corrected chi connectivity index (χ1v) is 15.0. The van der Waals surface area contributed by atoms with Crippen molar-refractivity contribution in [1.82, 2.24) is 0 Å². The lowest BCUT2D eigenvalue weighted by Gasteiger charge is -2.17. The molecule has 0 saturated heterocycles. The maximum Gasteiger partial charge on any atom is 0.335 e. The average molecular weight is 517 g/mol. The van der Waals surface area contributed by atoms with Gasteiger partial charge in [-0.25, -0.2) is 9.59 Å². The lowest BCUT2D eigenvalue weighted by Crippen LogP contribution is -2.34. The van der Waals surface area contributed by atoms with E-state index >= 15 is 0 Å². The van der Waals surface area contributed by atoms with Crippen molar-refractivity contribution in [2.24, 2.45) is 0 Å². The van der Waals surface area contributed by atoms with Crippen molar-refractivity contribution in [1.29, 1.82) is 0 Å². The van der Waals surface area contributed by atoms with Crippen LogP contribution in [0.25, 0.3) is 0 Å². The molecule has 0 fully saturated rings. The standard InChI is InChI=1S/2C15H30O3/c1-3-4-5-6-7-8-9-10-11-12-13-15(2,18)14(16)17;1-3-4-5-6-7-8-9-10-11-12-13-18-15(17)14(2)16/h18H,3-13H2,1-2H3,(H,16,17);14,16H,3-13H2,1-2H3. The summed E-state index contributed by atoms with van der Waals surface area (Å²) in [6.07, 6.45) is 24.2. The molecule has 6 heteroatoms. The Hall–Kier alpha value is -1.14. The normalized spacial score (nSPS) is 13.4. The summed E-state index contributed by atoms with van der Waals surface area (Å²) in [7, 11) is 0. The molecule has 0 heterocycles. The Bertz CT molecular complexity index is 488. The van der Waals surface area contributed by atoms with Gasteiger partial charge in [-0.3, -0.25) is 0 Å². The molecule has 36 heavy (non-hydrogen) atoms. The molecular weight excluding hydrogens is 456 g/mol. The zero-order chi connectivity index (χ0) is 27.5. The predicted octanol–water partition coefficient (Wildman–Crippen LogP) is 7.96. The fourth-order valence-electron chi connectivity index (χ4n) is 3.95. The summed E-state index contributed by atoms with van der Waals surface area (Å²) in [5.74, 6) is -1.62. The van der Waals surface area contributed by atoms with Crippen molar-refractivity contribution in [3.05, 3.63) is 0 Å². The molecule has 0 aliphatic carbocycles. The summed E-state index contributed by atoms with van der Waals surface area (Å²) in [5.41, 5.74) is -1.54. The summed E-state index contributed by atoms with van der Waals surface area (Å²) >= 11 is 0. The Morgan fingerprint density at radius 3 is 1.33 bits per heavy atom. The first kappa shape index (κ1) is 37.0. The van der Waals surface area contributed by atoms with Crippen LogP contribution in [0.4, 0.5) is 0 Å². The van der Waals surface area contributed by atoms with Crippen LogP contribution in [-0.4, -0.2) is 45.6 Å². The maximum absolute atomic E-state index is 10.9. The van der Waals surface area contributed by atoms with Crippen molar-refractivity contribution in [2.45, 2.75) is 174 Å². The Morgan fingerprint density at radius 1 is 0.667 bits per heavy atom. The predicted molar refractivity (Wildman–Crippen MR) is 149 cm³/mol. The van der Waals surface area contributed by atoms with Gasteiger partial charge in [-0.2, -0.15) is 0 Å². The van der Waals surface area contributed by atoms with Gasteiger partial charge in [0, 0.05) is 0 Å². The van der Waals surface area contributed by atoms with E-state index in [9.17, 15) is 14.7 Å². The van der Waals surface area contributed by atoms with E-state index in [1.54, 1.807) is 0 Å². The maximum atomic E-state index is 10.9. The number of aliphatic hydroxyl groups is 2. The number of esters is 1. The van der Waals surface area contributed by atoms with Gasteiger partial charge in [0.15, 0.2) is 5.60 Å². The molecule has 216 valence electrons. The van der Waals surface area contributed by atoms with Crippen LogP contribution >= 0.6 is 0 Å². The number of carboxylic acids is 1. The molecule has 3 N–H and O–H groups in total. The lowest BCUT2D eigenvalue weighted by molar-refractivity contribution is -0.157. The first-order valence-electron chi connectivity index (χ1n) is 15.0. The lowest BCUT2D eigenvalue weighted by atomic mass is 9.97. The molecule has 0 aromatic rings. The number of rotatable bonds is 24. The number of ether oxygens (including phenoxy) is 1. The number of carbonyl (C=O) groups excluding carboxylic acids is 1. The van der Waals surface area contributed by atoms with E-state index in [1.807, 2.05) is 0 Å². The summed E-state index contributed by atoms with van der Waals surface area (Å²) < 4.78 is 4.89. The molecule has 2 unspecified atom stereocenters. The minimum atomic E-state index is -1.54. The molecule has 0 rings (SSSR count). The van der Waals surface area contributed by atoms with Gasteiger partial charge in [0.2, 0.25) is 0 Å². The molecule has 0 spiro atoms. The van der Waals surface area contributed by atoms with Crippen molar-refractivity contribution in [3.63, 3.8) is 0 Å². The third-order valence-electron chi connectivity index (χ3n) is 6.56. The molecule has 0 radical (unpaired) electrons. The number of hydrogen-bond acceptors (Lipinski definition) is 5. The number of aliphatic carboxylic acids is 1. The number of aliphatic hydroxyl groups excluding tert-OH is 1. The molecule has 0 bridgehead atoms. The van der Waals surface area contributed by atoms with Gasteiger partial charge in [-0.15, -0.1) is 0 Å². The van der Waals surface area contributed by atoms with Crippen LogP contribution in [0.15, 0.2) is 0 Å². The van der Waals surface area contributed by atoms with Gasteiger partial charge in [0.05, 0.1) is 6.61 Å². The molecule has 2 atom stereocenters. The Balaban J connectivity index is 0. The van der Waals surface area contributed by atoms with Crippen molar-refractivity contribution in [3.8, 4) is 0 Å². The smallest absolute Gasteiger partial charge is 0.335 e. The van der Waals surface area contributed by atoms with Gasteiger partial charge in [0.25, 0.3) is 0 Å². The van der Waals surface area contributed by atoms with Gasteiger partial charge >= 0.3 is 11.9 Å². The third-order valence-corrected chi connectivity index (χ3v) is 6.56. The minimum absolute atomic E-state index is 0.360. The highest BCUT2D eigenvalue weighted by molar-refractivity contribution is 5.76. The fourth-order valence-corrected chi connectivity index (χ4v) is 3.95. The summed E-state index contributed by atoms with van der Waals surface area (Å²) in [6, 6.07) is 0. The second kappa shape index (κ2) is 26.9. The van der Waals surface area contributed by atoms with Crippen LogP contribution in [0.1, 0.15) is 163 Å². The Labute approximate surface area is 222 Å². The largest absolute Gasteiger partial charge is 0.479 e. The molecule has 0 aliphatic rings. The monoisotopic (exact) mass is 516 g/mol. The van der Waals surface area contributed by atoms with Crippen LogP contribution in [-0.2, 0) is 14.3 Å². The SMILES string of the molecule is CCCCCCCCCCCCC(C)(O)C(=O)O.CCCCCCCCCCCCOC(=O)C(C)O. The molecule has 0 aromatic heterocycles. The van der Waals surface area contributed by atoms with Crippen LogP contribution in [0.3, 0.4) is 0 Å². The van der Waals surface area contributed by atoms with E-state index < -0.39 is 23.6 Å². The highest BCUT2D eigenvalue weighted by atomic mass is 16.5. The van der Waals surface area contributed by atoms with E-state index in [0.29, 0.717) is 13.0 Å². The van der Waals surface area contributed by atoms with E-state index in [1.165, 1.54) is 110 Å². The molecule has 0 aromatic carbocycles. The molecular formula is C30H60O6. The zero-order valence-corrected chi connectivity index (χ0v) is 24.2. The second-order valence-corrected chi connectivity index (χ2v) is 10.5. The Morgan fingerprint density at radius 2 is 1.00 bits per heavy atom. The fraction of sp³-hybridized carbons (Fsp3) is 0.933. The van der Waals surface area contributed by atoms with Gasteiger partial charge in [0.1, 0.15) is 6.10 Å². The minimum Gasteiger partial charge on any atom is -0.479 e. The van der Waals surface area contributed by atoms with Crippen molar-refractivity contribution in [2.75, 3.05) is 6.61 Å². The van der Waals surface area contributed by atoms with E-state index in [4.69, 9.17) is 14.9 Å². The van der Waals surface area contributed by atoms with E-state index in [-0.39, 0.29) is 0 Å². The first-order chi connectivity index (χ1) is 17.2. The van der Waals surface area contributed by atoms with Crippen LogP contribution < -0.4 is 0 Å². The summed E-state index contributed by atoms with van der Waals surface area (Å²) in [5, 5.41) is 27.2. The Kier molecular flexibility index (Phi) is 27.7. The van der Waals surface area contributed by atoms with E-state index in [2.05, 4.69) is 13.8 Å². The zero-order valence-electron chi connectivity index (χ0n) is 24.2. The number of carbonyl (C=O) groups is 2. The number of unbranched alkanes of at least 4 members (excludes halogenated alkanes) is 18. The second-order valence-electron chi connectivity index (χ2n) is 10.5. The van der Waals surface area contributed by atoms with E-state index in [0.717, 1.165) is 32.1 Å². The topological polar surface area (TPSA) is 104 Å². The van der Waals surface area contributed by atoms with Crippen molar-refractivity contribution >= 4 is 11.9 Å². The molecule has 0 saturated carbocycles. The summed E-state index contributed by atoms with van der Waals surface area (Å²) in [4.78, 5) is 21.6. The van der Waals surface area contributed by atoms with Crippen LogP contribution in [0.2, 0.25) is 0 Å². The van der Waals surface area contributed by atoms with Crippen molar-refractivity contribution < 1.29 is 29.6 Å². The van der Waals surface area contributed by atoms with Gasteiger partial charge in [-0.1, -0.05) is 129 Å². The highest BCUT2D eigenvalue weighted by Gasteiger charge is 2.28. The number of hydrogen-bond donors (Lipinski definition) is 3. The van der Waals surface area contributed by atoms with Crippen LogP contribution in [0, 0.1) is 0 Å². The molecule has 6 nitrogen and oxygen atoms in total. The molecule has 0 amide bonds. The third kappa shape index (κ3) is 27.4. The van der Waals surface area contributed by atoms with Gasteiger partial charge in [-0.05, 0) is 33.1 Å². The average Bonchev–Trinajstić information content (AvgIpc) is 2.83. The quantitative estimate of drug-likeness (QED) is 0.0887. The summed E-state index contributed by atoms with van der Waals surface area (Å²) in [6.45, 7) is 7.72. The highest BCUT2D eigenvalue weighted by Crippen LogP contribution is 2.17. The number of carboxylic acid groups (broad SMARTS) is 1. The van der Waals surface area contributed by atoms with Crippen LogP contribution in [0.5, 0.6) is 0 Å². The molecule has 0 aliphatic heterocycles. The van der Waals surface area contributed by atoms with Gasteiger partial charge < -0.3 is 20.1 Å².